The molecule has 1 fully saturated rings. The number of hydrogen-bond donors (Lipinski definition) is 2. The van der Waals surface area contributed by atoms with Gasteiger partial charge in [-0.15, -0.1) is 0 Å². The van der Waals surface area contributed by atoms with Gasteiger partial charge in [-0.2, -0.15) is 15.1 Å². The molecule has 3 aromatic rings. The Morgan fingerprint density at radius 1 is 1.52 bits per heavy atom. The lowest BCUT2D eigenvalue weighted by Gasteiger charge is -2.34. The minimum atomic E-state index is -1.20. The highest BCUT2D eigenvalue weighted by Crippen LogP contribution is 2.28. The van der Waals surface area contributed by atoms with E-state index in [1.54, 1.807) is 23.1 Å². The number of fused-ring (bicyclic) bond motifs is 1. The van der Waals surface area contributed by atoms with Gasteiger partial charge in [0.2, 0.25) is 17.7 Å². The number of aromatic nitrogens is 5. The molecule has 4 heterocycles. The normalized spacial score (nSPS) is 19.3. The van der Waals surface area contributed by atoms with Crippen LogP contribution in [0.4, 0.5) is 16.0 Å². The van der Waals surface area contributed by atoms with E-state index in [9.17, 15) is 9.18 Å². The zero-order valence-electron chi connectivity index (χ0n) is 16.0. The van der Waals surface area contributed by atoms with Crippen molar-refractivity contribution in [2.45, 2.75) is 32.2 Å². The Bertz CT molecular complexity index is 1030. The van der Waals surface area contributed by atoms with Crippen LogP contribution in [0.15, 0.2) is 37.3 Å². The molecule has 4 rings (SSSR count). The third kappa shape index (κ3) is 3.91. The minimum Gasteiger partial charge on any atom is -0.469 e. The second-order valence-corrected chi connectivity index (χ2v) is 6.75. The average molecular weight is 399 g/mol. The molecule has 1 saturated heterocycles. The van der Waals surface area contributed by atoms with Gasteiger partial charge in [0.15, 0.2) is 0 Å². The molecule has 0 aromatic carbocycles. The van der Waals surface area contributed by atoms with E-state index < -0.39 is 12.3 Å². The van der Waals surface area contributed by atoms with Crippen molar-refractivity contribution in [3.8, 4) is 5.88 Å². The van der Waals surface area contributed by atoms with Crippen LogP contribution in [0, 0.1) is 0 Å². The maximum atomic E-state index is 14.5. The number of halogens is 1. The maximum absolute atomic E-state index is 14.5. The van der Waals surface area contributed by atoms with Crippen molar-refractivity contribution in [2.75, 3.05) is 18.4 Å². The monoisotopic (exact) mass is 399 g/mol. The fourth-order valence-electron chi connectivity index (χ4n) is 3.26. The summed E-state index contributed by atoms with van der Waals surface area (Å²) >= 11 is 0. The van der Waals surface area contributed by atoms with Gasteiger partial charge >= 0.3 is 0 Å². The molecule has 0 saturated carbocycles. The highest BCUT2D eigenvalue weighted by Gasteiger charge is 2.33. The highest BCUT2D eigenvalue weighted by atomic mass is 19.1. The number of alkyl halides is 1. The Labute approximate surface area is 166 Å². The van der Waals surface area contributed by atoms with Crippen LogP contribution in [0.2, 0.25) is 0 Å². The summed E-state index contributed by atoms with van der Waals surface area (Å²) in [5.74, 6) is 0.313. The van der Waals surface area contributed by atoms with Crippen molar-refractivity contribution in [1.29, 1.82) is 0 Å². The third-order valence-corrected chi connectivity index (χ3v) is 4.82. The van der Waals surface area contributed by atoms with Crippen molar-refractivity contribution < 1.29 is 13.9 Å². The molecule has 2 atom stereocenters. The lowest BCUT2D eigenvalue weighted by atomic mass is 10.1. The predicted octanol–water partition coefficient (Wildman–Crippen LogP) is 2.42. The van der Waals surface area contributed by atoms with Crippen molar-refractivity contribution in [3.63, 3.8) is 0 Å². The molecule has 29 heavy (non-hydrogen) atoms. The topological polar surface area (TPSA) is 101 Å². The number of H-pyrrole nitrogens is 1. The number of aromatic amines is 1. The van der Waals surface area contributed by atoms with Gasteiger partial charge in [-0.25, -0.2) is 4.39 Å². The van der Waals surface area contributed by atoms with Crippen LogP contribution >= 0.6 is 0 Å². The first-order chi connectivity index (χ1) is 14.1. The SMILES string of the molecule is C=CC(=O)N1CC[C@@H](F)[C@@H](Oc2nc(Nc3cnn(CC)c3)nc3[nH]ccc23)C1. The van der Waals surface area contributed by atoms with E-state index in [4.69, 9.17) is 4.74 Å². The van der Waals surface area contributed by atoms with E-state index in [0.717, 1.165) is 12.2 Å². The number of hydrogen-bond acceptors (Lipinski definition) is 6. The summed E-state index contributed by atoms with van der Waals surface area (Å²) in [6.45, 7) is 6.69. The Hall–Kier alpha value is -3.43. The molecule has 0 unspecified atom stereocenters. The van der Waals surface area contributed by atoms with Gasteiger partial charge in [0.25, 0.3) is 0 Å². The molecule has 0 radical (unpaired) electrons. The molecule has 9 nitrogen and oxygen atoms in total. The number of nitrogens with one attached hydrogen (secondary N) is 2. The molecule has 0 bridgehead atoms. The fraction of sp³-hybridized carbons (Fsp3) is 0.368. The summed E-state index contributed by atoms with van der Waals surface area (Å²) in [6.07, 6.45) is 4.62. The number of nitrogens with zero attached hydrogens (tertiary/aromatic N) is 5. The Morgan fingerprint density at radius 2 is 2.38 bits per heavy atom. The molecule has 152 valence electrons. The van der Waals surface area contributed by atoms with Crippen LogP contribution in [0.1, 0.15) is 13.3 Å². The lowest BCUT2D eigenvalue weighted by molar-refractivity contribution is -0.130. The first-order valence-electron chi connectivity index (χ1n) is 9.44. The molecule has 3 aromatic heterocycles. The lowest BCUT2D eigenvalue weighted by Crippen LogP contribution is -2.49. The molecular weight excluding hydrogens is 377 g/mol. The Kier molecular flexibility index (Phi) is 5.15. The van der Waals surface area contributed by atoms with E-state index in [1.807, 2.05) is 13.1 Å². The number of rotatable bonds is 6. The number of anilines is 2. The van der Waals surface area contributed by atoms with Gasteiger partial charge in [0.05, 0.1) is 23.8 Å². The van der Waals surface area contributed by atoms with E-state index in [2.05, 4.69) is 31.9 Å². The summed E-state index contributed by atoms with van der Waals surface area (Å²) in [5, 5.41) is 7.93. The van der Waals surface area contributed by atoms with Crippen molar-refractivity contribution in [2.24, 2.45) is 0 Å². The smallest absolute Gasteiger partial charge is 0.246 e. The maximum Gasteiger partial charge on any atom is 0.246 e. The number of carbonyl (C=O) groups is 1. The van der Waals surface area contributed by atoms with Crippen LogP contribution in [0.3, 0.4) is 0 Å². The molecule has 1 amide bonds. The van der Waals surface area contributed by atoms with Crippen LogP contribution in [-0.4, -0.2) is 60.9 Å². The van der Waals surface area contributed by atoms with E-state index in [1.165, 1.54) is 11.0 Å². The zero-order chi connectivity index (χ0) is 20.4. The van der Waals surface area contributed by atoms with Gasteiger partial charge in [-0.3, -0.25) is 9.48 Å². The zero-order valence-corrected chi connectivity index (χ0v) is 16.0. The number of piperidine rings is 1. The summed E-state index contributed by atoms with van der Waals surface area (Å²) in [7, 11) is 0. The first kappa shape index (κ1) is 18.9. The minimum absolute atomic E-state index is 0.133. The van der Waals surface area contributed by atoms with Crippen LogP contribution in [0.25, 0.3) is 11.0 Å². The van der Waals surface area contributed by atoms with Gasteiger partial charge in [0, 0.05) is 25.5 Å². The fourth-order valence-corrected chi connectivity index (χ4v) is 3.26. The molecule has 1 aliphatic rings. The Morgan fingerprint density at radius 3 is 3.14 bits per heavy atom. The largest absolute Gasteiger partial charge is 0.469 e. The van der Waals surface area contributed by atoms with Crippen molar-refractivity contribution in [3.05, 3.63) is 37.3 Å². The average Bonchev–Trinajstić information content (AvgIpc) is 3.38. The molecular formula is C19H22FN7O2. The third-order valence-electron chi connectivity index (χ3n) is 4.82. The van der Waals surface area contributed by atoms with Crippen LogP contribution < -0.4 is 10.1 Å². The molecule has 1 aliphatic heterocycles. The molecule has 0 spiro atoms. The van der Waals surface area contributed by atoms with E-state index >= 15 is 0 Å². The van der Waals surface area contributed by atoms with Gasteiger partial charge < -0.3 is 19.9 Å². The van der Waals surface area contributed by atoms with Crippen molar-refractivity contribution >= 4 is 28.6 Å². The number of ether oxygens (including phenoxy) is 1. The van der Waals surface area contributed by atoms with Gasteiger partial charge in [-0.1, -0.05) is 6.58 Å². The quantitative estimate of drug-likeness (QED) is 0.618. The van der Waals surface area contributed by atoms with Gasteiger partial charge in [-0.05, 0) is 25.5 Å². The Balaban J connectivity index is 1.59. The van der Waals surface area contributed by atoms with Gasteiger partial charge in [0.1, 0.15) is 17.9 Å². The number of amides is 1. The van der Waals surface area contributed by atoms with E-state index in [0.29, 0.717) is 23.5 Å². The summed E-state index contributed by atoms with van der Waals surface area (Å²) in [6, 6.07) is 1.77. The summed E-state index contributed by atoms with van der Waals surface area (Å²) in [5.41, 5.74) is 1.29. The molecule has 10 heteroatoms. The number of aryl methyl sites for hydroxylation is 1. The second-order valence-electron chi connectivity index (χ2n) is 6.75. The second kappa shape index (κ2) is 7.90. The standard InChI is InChI=1S/C19H22FN7O2/c1-3-16(28)26-8-6-14(20)15(11-26)29-18-13-5-7-21-17(13)24-19(25-18)23-12-9-22-27(4-2)10-12/h3,5,7,9-10,14-15H,1,4,6,8,11H2,2H3,(H2,21,23,24,25)/t14-,15+/m1/s1. The van der Waals surface area contributed by atoms with Crippen LogP contribution in [0.5, 0.6) is 5.88 Å². The summed E-state index contributed by atoms with van der Waals surface area (Å²) in [4.78, 5) is 25.3. The van der Waals surface area contributed by atoms with E-state index in [-0.39, 0.29) is 24.8 Å². The molecule has 2 N–H and O–H groups in total. The summed E-state index contributed by atoms with van der Waals surface area (Å²) < 4.78 is 22.2. The number of carbonyl (C=O) groups excluding carboxylic acids is 1. The molecule has 0 aliphatic carbocycles. The van der Waals surface area contributed by atoms with Crippen molar-refractivity contribution in [1.82, 2.24) is 29.6 Å². The first-order valence-corrected chi connectivity index (χ1v) is 9.44. The highest BCUT2D eigenvalue weighted by molar-refractivity contribution is 5.87. The predicted molar refractivity (Wildman–Crippen MR) is 106 cm³/mol. The van der Waals surface area contributed by atoms with Crippen LogP contribution in [-0.2, 0) is 11.3 Å². The number of likely N-dealkylation sites (tertiary alicyclic amines) is 1.